The van der Waals surface area contributed by atoms with E-state index in [1.165, 1.54) is 0 Å². The molecule has 0 radical (unpaired) electrons. The Morgan fingerprint density at radius 2 is 1.81 bits per heavy atom. The van der Waals surface area contributed by atoms with E-state index in [1.54, 1.807) is 0 Å². The lowest BCUT2D eigenvalue weighted by atomic mass is 10.0. The normalized spacial score (nSPS) is 9.44. The Bertz CT molecular complexity index is 565. The second-order valence-corrected chi connectivity index (χ2v) is 3.32. The summed E-state index contributed by atoms with van der Waals surface area (Å²) in [7, 11) is 0. The topological polar surface area (TPSA) is 73.6 Å². The van der Waals surface area contributed by atoms with Crippen molar-refractivity contribution in [2.75, 3.05) is 0 Å². The molecule has 0 aliphatic rings. The average molecular weight is 209 g/mol. The van der Waals surface area contributed by atoms with Crippen LogP contribution in [0.4, 0.5) is 0 Å². The van der Waals surface area contributed by atoms with Gasteiger partial charge in [-0.25, -0.2) is 0 Å². The fraction of sp³-hybridized carbons (Fsp3) is 0.0833. The molecule has 4 nitrogen and oxygen atoms in total. The highest BCUT2D eigenvalue weighted by molar-refractivity contribution is 5.72. The van der Waals surface area contributed by atoms with E-state index in [2.05, 4.69) is 5.16 Å². The van der Waals surface area contributed by atoms with Crippen LogP contribution in [0.1, 0.15) is 17.0 Å². The number of hydrogen-bond donors (Lipinski definition) is 0. The lowest BCUT2D eigenvalue weighted by molar-refractivity contribution is 0.408. The molecule has 0 N–H and O–H groups in total. The van der Waals surface area contributed by atoms with Gasteiger partial charge < -0.3 is 4.52 Å². The molecule has 0 saturated heterocycles. The van der Waals surface area contributed by atoms with Crippen LogP contribution in [0.25, 0.3) is 11.1 Å². The highest BCUT2D eigenvalue weighted by Crippen LogP contribution is 2.26. The van der Waals surface area contributed by atoms with E-state index < -0.39 is 0 Å². The Hall–Kier alpha value is -2.59. The van der Waals surface area contributed by atoms with Gasteiger partial charge in [-0.15, -0.1) is 0 Å². The highest BCUT2D eigenvalue weighted by Gasteiger charge is 2.16. The summed E-state index contributed by atoms with van der Waals surface area (Å²) in [5.41, 5.74) is 2.47. The summed E-state index contributed by atoms with van der Waals surface area (Å²) in [5, 5.41) is 21.3. The molecule has 0 unspecified atom stereocenters. The van der Waals surface area contributed by atoms with E-state index in [9.17, 15) is 0 Å². The van der Waals surface area contributed by atoms with Crippen molar-refractivity contribution in [1.29, 1.82) is 10.5 Å². The molecule has 0 spiro atoms. The molecule has 2 aromatic rings. The van der Waals surface area contributed by atoms with Gasteiger partial charge in [0.05, 0.1) is 5.56 Å². The van der Waals surface area contributed by atoms with Crippen molar-refractivity contribution in [3.63, 3.8) is 0 Å². The smallest absolute Gasteiger partial charge is 0.245 e. The molecule has 1 aromatic carbocycles. The van der Waals surface area contributed by atoms with Crippen LogP contribution in [0.15, 0.2) is 28.8 Å². The minimum absolute atomic E-state index is 0.0698. The van der Waals surface area contributed by atoms with E-state index >= 15 is 0 Å². The first-order chi connectivity index (χ1) is 7.76. The first-order valence-corrected chi connectivity index (χ1v) is 4.63. The van der Waals surface area contributed by atoms with Crippen molar-refractivity contribution >= 4 is 0 Å². The van der Waals surface area contributed by atoms with Gasteiger partial charge in [0.2, 0.25) is 5.76 Å². The summed E-state index contributed by atoms with van der Waals surface area (Å²) in [4.78, 5) is 0. The number of nitriles is 2. The molecule has 0 fully saturated rings. The van der Waals surface area contributed by atoms with Crippen LogP contribution in [0.5, 0.6) is 0 Å². The fourth-order valence-corrected chi connectivity index (χ4v) is 1.43. The number of aromatic nitrogens is 1. The first-order valence-electron chi connectivity index (χ1n) is 4.63. The van der Waals surface area contributed by atoms with Gasteiger partial charge in [0, 0.05) is 0 Å². The third-order valence-corrected chi connectivity index (χ3v) is 2.24. The van der Waals surface area contributed by atoms with Gasteiger partial charge in [-0.05, 0) is 12.5 Å². The number of nitrogens with zero attached hydrogens (tertiary/aromatic N) is 3. The molecule has 0 amide bonds. The molecule has 1 aromatic heterocycles. The summed E-state index contributed by atoms with van der Waals surface area (Å²) in [6.45, 7) is 1.97. The van der Waals surface area contributed by atoms with Crippen LogP contribution in [0.3, 0.4) is 0 Å². The fourth-order valence-electron chi connectivity index (χ4n) is 1.43. The highest BCUT2D eigenvalue weighted by atomic mass is 16.5. The molecule has 0 bridgehead atoms. The quantitative estimate of drug-likeness (QED) is 0.722. The van der Waals surface area contributed by atoms with Gasteiger partial charge in [-0.1, -0.05) is 35.0 Å². The van der Waals surface area contributed by atoms with Crippen LogP contribution >= 0.6 is 0 Å². The summed E-state index contributed by atoms with van der Waals surface area (Å²) in [5.74, 6) is 0.0698. The maximum atomic E-state index is 8.86. The molecule has 0 aliphatic heterocycles. The molecule has 4 heteroatoms. The van der Waals surface area contributed by atoms with Crippen LogP contribution in [-0.4, -0.2) is 5.16 Å². The maximum Gasteiger partial charge on any atom is 0.245 e. The Morgan fingerprint density at radius 3 is 2.38 bits per heavy atom. The van der Waals surface area contributed by atoms with E-state index in [-0.39, 0.29) is 11.5 Å². The first kappa shape index (κ1) is 9.95. The van der Waals surface area contributed by atoms with Crippen LogP contribution in [0.2, 0.25) is 0 Å². The Balaban J connectivity index is 2.64. The van der Waals surface area contributed by atoms with Crippen molar-refractivity contribution in [2.24, 2.45) is 0 Å². The van der Waals surface area contributed by atoms with Gasteiger partial charge >= 0.3 is 0 Å². The Labute approximate surface area is 92.3 Å². The zero-order valence-corrected chi connectivity index (χ0v) is 8.56. The molecular weight excluding hydrogens is 202 g/mol. The van der Waals surface area contributed by atoms with Gasteiger partial charge in [0.25, 0.3) is 0 Å². The molecule has 16 heavy (non-hydrogen) atoms. The minimum atomic E-state index is 0.0698. The molecule has 1 heterocycles. The standard InChI is InChI=1S/C12H7N3O/c1-8-2-4-9(5-3-8)12-10(6-13)15-16-11(12)7-14/h2-5H,1H3. The van der Waals surface area contributed by atoms with Crippen molar-refractivity contribution in [3.8, 4) is 23.3 Å². The number of hydrogen-bond acceptors (Lipinski definition) is 4. The van der Waals surface area contributed by atoms with Gasteiger partial charge in [0.15, 0.2) is 5.69 Å². The van der Waals surface area contributed by atoms with Crippen LogP contribution in [0, 0.1) is 29.6 Å². The largest absolute Gasteiger partial charge is 0.343 e. The average Bonchev–Trinajstić information content (AvgIpc) is 2.73. The predicted octanol–water partition coefficient (Wildman–Crippen LogP) is 2.39. The van der Waals surface area contributed by atoms with Gasteiger partial charge in [0.1, 0.15) is 12.1 Å². The van der Waals surface area contributed by atoms with E-state index in [0.29, 0.717) is 5.56 Å². The minimum Gasteiger partial charge on any atom is -0.343 e. The molecule has 76 valence electrons. The third kappa shape index (κ3) is 1.53. The Kier molecular flexibility index (Phi) is 2.41. The predicted molar refractivity (Wildman–Crippen MR) is 56.1 cm³/mol. The number of rotatable bonds is 1. The molecule has 0 aliphatic carbocycles. The van der Waals surface area contributed by atoms with E-state index in [4.69, 9.17) is 15.0 Å². The van der Waals surface area contributed by atoms with Gasteiger partial charge in [-0.3, -0.25) is 0 Å². The van der Waals surface area contributed by atoms with E-state index in [0.717, 1.165) is 11.1 Å². The summed E-state index contributed by atoms with van der Waals surface area (Å²) in [6, 6.07) is 11.3. The van der Waals surface area contributed by atoms with Crippen LogP contribution < -0.4 is 0 Å². The zero-order chi connectivity index (χ0) is 11.5. The Morgan fingerprint density at radius 1 is 1.12 bits per heavy atom. The molecule has 0 atom stereocenters. The second kappa shape index (κ2) is 3.88. The summed E-state index contributed by atoms with van der Waals surface area (Å²) in [6.07, 6.45) is 0. The van der Waals surface area contributed by atoms with Crippen molar-refractivity contribution in [1.82, 2.24) is 5.16 Å². The number of aryl methyl sites for hydroxylation is 1. The SMILES string of the molecule is Cc1ccc(-c2c(C#N)noc2C#N)cc1. The van der Waals surface area contributed by atoms with Gasteiger partial charge in [-0.2, -0.15) is 10.5 Å². The zero-order valence-electron chi connectivity index (χ0n) is 8.56. The molecule has 0 saturated carbocycles. The summed E-state index contributed by atoms with van der Waals surface area (Å²) >= 11 is 0. The molecule has 2 rings (SSSR count). The number of benzene rings is 1. The monoisotopic (exact) mass is 209 g/mol. The second-order valence-electron chi connectivity index (χ2n) is 3.32. The van der Waals surface area contributed by atoms with Crippen molar-refractivity contribution in [3.05, 3.63) is 41.3 Å². The van der Waals surface area contributed by atoms with Crippen LogP contribution in [-0.2, 0) is 0 Å². The lowest BCUT2D eigenvalue weighted by Gasteiger charge is -1.98. The van der Waals surface area contributed by atoms with E-state index in [1.807, 2.05) is 43.3 Å². The summed E-state index contributed by atoms with van der Waals surface area (Å²) < 4.78 is 4.79. The lowest BCUT2D eigenvalue weighted by Crippen LogP contribution is -1.83. The maximum absolute atomic E-state index is 8.86. The van der Waals surface area contributed by atoms with Crippen molar-refractivity contribution < 1.29 is 4.52 Å². The third-order valence-electron chi connectivity index (χ3n) is 2.24. The molecular formula is C12H7N3O. The van der Waals surface area contributed by atoms with Crippen molar-refractivity contribution in [2.45, 2.75) is 6.92 Å².